The predicted octanol–water partition coefficient (Wildman–Crippen LogP) is 5.21. The normalized spacial score (nSPS) is 12.0. The summed E-state index contributed by atoms with van der Waals surface area (Å²) in [6.45, 7) is 7.10. The number of aryl methyl sites for hydroxylation is 1. The zero-order valence-corrected chi connectivity index (χ0v) is 13.2. The van der Waals surface area contributed by atoms with Gasteiger partial charge < -0.3 is 10.1 Å². The fraction of sp³-hybridized carbons (Fsp3) is 0.368. The van der Waals surface area contributed by atoms with E-state index in [0.717, 1.165) is 17.9 Å². The van der Waals surface area contributed by atoms with E-state index in [4.69, 9.17) is 4.74 Å². The van der Waals surface area contributed by atoms with Crippen LogP contribution in [-0.2, 0) is 6.42 Å². The van der Waals surface area contributed by atoms with Crippen LogP contribution in [-0.4, -0.2) is 6.61 Å². The van der Waals surface area contributed by atoms with E-state index in [9.17, 15) is 0 Å². The van der Waals surface area contributed by atoms with Crippen LogP contribution in [0.2, 0.25) is 0 Å². The molecule has 2 aromatic rings. The second-order valence-electron chi connectivity index (χ2n) is 5.31. The van der Waals surface area contributed by atoms with Gasteiger partial charge in [0.1, 0.15) is 5.75 Å². The summed E-state index contributed by atoms with van der Waals surface area (Å²) in [4.78, 5) is 0. The van der Waals surface area contributed by atoms with Gasteiger partial charge in [0.05, 0.1) is 6.61 Å². The molecule has 0 saturated heterocycles. The molecule has 0 amide bonds. The minimum Gasteiger partial charge on any atom is -0.494 e. The van der Waals surface area contributed by atoms with Crippen molar-refractivity contribution in [2.45, 2.75) is 39.7 Å². The largest absolute Gasteiger partial charge is 0.494 e. The smallest absolute Gasteiger partial charge is 0.119 e. The van der Waals surface area contributed by atoms with Crippen molar-refractivity contribution in [1.29, 1.82) is 0 Å². The molecule has 0 aliphatic rings. The highest BCUT2D eigenvalue weighted by atomic mass is 16.5. The van der Waals surface area contributed by atoms with Crippen LogP contribution in [0.1, 0.15) is 44.4 Å². The average molecular weight is 283 g/mol. The molecule has 2 rings (SSSR count). The van der Waals surface area contributed by atoms with Gasteiger partial charge in [0.2, 0.25) is 0 Å². The summed E-state index contributed by atoms with van der Waals surface area (Å²) in [5.74, 6) is 0.916. The molecule has 1 unspecified atom stereocenters. The molecule has 0 fully saturated rings. The van der Waals surface area contributed by atoms with Crippen LogP contribution >= 0.6 is 0 Å². The Kier molecular flexibility index (Phi) is 5.68. The molecule has 112 valence electrons. The summed E-state index contributed by atoms with van der Waals surface area (Å²) in [7, 11) is 0. The van der Waals surface area contributed by atoms with Crippen molar-refractivity contribution in [2.24, 2.45) is 0 Å². The van der Waals surface area contributed by atoms with Gasteiger partial charge in [-0.05, 0) is 55.7 Å². The standard InChI is InChI=1S/C19H25NO/c1-4-6-16-7-9-17(10-8-16)15(3)20-18-11-13-19(14-12-18)21-5-2/h7-15,20H,4-6H2,1-3H3. The van der Waals surface area contributed by atoms with Crippen LogP contribution in [0.5, 0.6) is 5.75 Å². The Morgan fingerprint density at radius 2 is 1.62 bits per heavy atom. The zero-order chi connectivity index (χ0) is 15.1. The van der Waals surface area contributed by atoms with E-state index in [0.29, 0.717) is 12.6 Å². The van der Waals surface area contributed by atoms with Gasteiger partial charge in [0.15, 0.2) is 0 Å². The summed E-state index contributed by atoms with van der Waals surface area (Å²) in [5.41, 5.74) is 3.84. The summed E-state index contributed by atoms with van der Waals surface area (Å²) < 4.78 is 5.46. The Labute approximate surface area is 128 Å². The Bertz CT molecular complexity index is 530. The van der Waals surface area contributed by atoms with Crippen molar-refractivity contribution < 1.29 is 4.74 Å². The van der Waals surface area contributed by atoms with Gasteiger partial charge >= 0.3 is 0 Å². The number of hydrogen-bond donors (Lipinski definition) is 1. The molecule has 2 nitrogen and oxygen atoms in total. The predicted molar refractivity (Wildman–Crippen MR) is 90.1 cm³/mol. The third kappa shape index (κ3) is 4.52. The maximum absolute atomic E-state index is 5.46. The molecule has 0 bridgehead atoms. The lowest BCUT2D eigenvalue weighted by Gasteiger charge is -2.16. The van der Waals surface area contributed by atoms with Gasteiger partial charge in [0.25, 0.3) is 0 Å². The highest BCUT2D eigenvalue weighted by molar-refractivity contribution is 5.48. The lowest BCUT2D eigenvalue weighted by Crippen LogP contribution is -2.06. The van der Waals surface area contributed by atoms with Gasteiger partial charge in [-0.25, -0.2) is 0 Å². The molecule has 0 spiro atoms. The quantitative estimate of drug-likeness (QED) is 0.753. The van der Waals surface area contributed by atoms with Crippen molar-refractivity contribution in [1.82, 2.24) is 0 Å². The van der Waals surface area contributed by atoms with E-state index in [1.165, 1.54) is 17.5 Å². The number of anilines is 1. The minimum absolute atomic E-state index is 0.290. The first-order valence-electron chi connectivity index (χ1n) is 7.81. The van der Waals surface area contributed by atoms with Gasteiger partial charge in [0, 0.05) is 11.7 Å². The van der Waals surface area contributed by atoms with Crippen molar-refractivity contribution in [3.05, 3.63) is 59.7 Å². The summed E-state index contributed by atoms with van der Waals surface area (Å²) in [6, 6.07) is 17.3. The summed E-state index contributed by atoms with van der Waals surface area (Å²) in [6.07, 6.45) is 2.35. The third-order valence-electron chi connectivity index (χ3n) is 3.57. The lowest BCUT2D eigenvalue weighted by molar-refractivity contribution is 0.340. The van der Waals surface area contributed by atoms with E-state index in [-0.39, 0.29) is 0 Å². The van der Waals surface area contributed by atoms with Crippen LogP contribution in [0.3, 0.4) is 0 Å². The first-order valence-corrected chi connectivity index (χ1v) is 7.81. The average Bonchev–Trinajstić information content (AvgIpc) is 2.50. The van der Waals surface area contributed by atoms with Crippen molar-refractivity contribution in [2.75, 3.05) is 11.9 Å². The number of benzene rings is 2. The van der Waals surface area contributed by atoms with E-state index in [2.05, 4.69) is 55.6 Å². The molecule has 2 heteroatoms. The Morgan fingerprint density at radius 3 is 2.19 bits per heavy atom. The minimum atomic E-state index is 0.290. The summed E-state index contributed by atoms with van der Waals surface area (Å²) in [5, 5.41) is 3.52. The highest BCUT2D eigenvalue weighted by Gasteiger charge is 2.05. The second kappa shape index (κ2) is 7.72. The number of hydrogen-bond acceptors (Lipinski definition) is 2. The van der Waals surface area contributed by atoms with E-state index >= 15 is 0 Å². The fourth-order valence-corrected chi connectivity index (χ4v) is 2.41. The van der Waals surface area contributed by atoms with Crippen LogP contribution in [0, 0.1) is 0 Å². The monoisotopic (exact) mass is 283 g/mol. The zero-order valence-electron chi connectivity index (χ0n) is 13.2. The van der Waals surface area contributed by atoms with E-state index < -0.39 is 0 Å². The number of rotatable bonds is 7. The fourth-order valence-electron chi connectivity index (χ4n) is 2.41. The van der Waals surface area contributed by atoms with Crippen molar-refractivity contribution in [3.63, 3.8) is 0 Å². The molecule has 2 aromatic carbocycles. The van der Waals surface area contributed by atoms with Crippen LogP contribution < -0.4 is 10.1 Å². The Hall–Kier alpha value is -1.96. The molecule has 0 radical (unpaired) electrons. The highest BCUT2D eigenvalue weighted by Crippen LogP contribution is 2.22. The molecule has 0 heterocycles. The molecule has 1 atom stereocenters. The molecule has 1 N–H and O–H groups in total. The molecule has 21 heavy (non-hydrogen) atoms. The number of ether oxygens (including phenoxy) is 1. The molecule has 0 aliphatic carbocycles. The molecular weight excluding hydrogens is 258 g/mol. The van der Waals surface area contributed by atoms with Crippen molar-refractivity contribution in [3.8, 4) is 5.75 Å². The maximum atomic E-state index is 5.46. The van der Waals surface area contributed by atoms with Gasteiger partial charge in [-0.1, -0.05) is 37.6 Å². The Morgan fingerprint density at radius 1 is 0.952 bits per heavy atom. The van der Waals surface area contributed by atoms with Gasteiger partial charge in [-0.2, -0.15) is 0 Å². The number of nitrogens with one attached hydrogen (secondary N) is 1. The van der Waals surface area contributed by atoms with Gasteiger partial charge in [-0.3, -0.25) is 0 Å². The molecule has 0 aromatic heterocycles. The summed E-state index contributed by atoms with van der Waals surface area (Å²) >= 11 is 0. The third-order valence-corrected chi connectivity index (χ3v) is 3.57. The van der Waals surface area contributed by atoms with Crippen LogP contribution in [0.15, 0.2) is 48.5 Å². The SMILES string of the molecule is CCCc1ccc(C(C)Nc2ccc(OCC)cc2)cc1. The maximum Gasteiger partial charge on any atom is 0.119 e. The topological polar surface area (TPSA) is 21.3 Å². The van der Waals surface area contributed by atoms with Crippen molar-refractivity contribution >= 4 is 5.69 Å². The molecule has 0 saturated carbocycles. The first-order chi connectivity index (χ1) is 10.2. The molecule has 0 aliphatic heterocycles. The first kappa shape index (κ1) is 15.4. The van der Waals surface area contributed by atoms with Gasteiger partial charge in [-0.15, -0.1) is 0 Å². The van der Waals surface area contributed by atoms with Crippen LogP contribution in [0.25, 0.3) is 0 Å². The van der Waals surface area contributed by atoms with E-state index in [1.807, 2.05) is 19.1 Å². The lowest BCUT2D eigenvalue weighted by atomic mass is 10.0. The van der Waals surface area contributed by atoms with E-state index in [1.54, 1.807) is 0 Å². The second-order valence-corrected chi connectivity index (χ2v) is 5.31. The molecular formula is C19H25NO. The Balaban J connectivity index is 1.98. The van der Waals surface area contributed by atoms with Crippen LogP contribution in [0.4, 0.5) is 5.69 Å².